The molecule has 0 bridgehead atoms. The van der Waals surface area contributed by atoms with E-state index in [1.165, 1.54) is 10.6 Å². The number of anilines is 1. The number of rotatable bonds is 8. The van der Waals surface area contributed by atoms with Crippen molar-refractivity contribution in [1.29, 1.82) is 0 Å². The number of nitrogens with zero attached hydrogens (tertiary/aromatic N) is 1. The Morgan fingerprint density at radius 2 is 1.76 bits per heavy atom. The molecule has 0 fully saturated rings. The SMILES string of the molecule is CCOc1ccccc1CCC(=O)Nc1ccc(=O)n(Cc2ccccc2Cl)c1. The zero-order valence-electron chi connectivity index (χ0n) is 16.2. The van der Waals surface area contributed by atoms with E-state index in [-0.39, 0.29) is 11.5 Å². The zero-order chi connectivity index (χ0) is 20.6. The number of aryl methyl sites for hydroxylation is 1. The lowest BCUT2D eigenvalue weighted by molar-refractivity contribution is -0.116. The monoisotopic (exact) mass is 410 g/mol. The lowest BCUT2D eigenvalue weighted by Crippen LogP contribution is -2.21. The van der Waals surface area contributed by atoms with Crippen molar-refractivity contribution in [1.82, 2.24) is 4.57 Å². The van der Waals surface area contributed by atoms with Gasteiger partial charge in [-0.2, -0.15) is 0 Å². The average Bonchev–Trinajstić information content (AvgIpc) is 2.72. The van der Waals surface area contributed by atoms with Gasteiger partial charge in [-0.05, 0) is 42.7 Å². The fraction of sp³-hybridized carbons (Fsp3) is 0.217. The molecule has 1 amide bonds. The van der Waals surface area contributed by atoms with Gasteiger partial charge in [0, 0.05) is 23.7 Å². The van der Waals surface area contributed by atoms with Gasteiger partial charge >= 0.3 is 0 Å². The molecule has 6 heteroatoms. The molecule has 0 aliphatic carbocycles. The quantitative estimate of drug-likeness (QED) is 0.594. The number of benzene rings is 2. The van der Waals surface area contributed by atoms with E-state index in [0.717, 1.165) is 16.9 Å². The number of carbonyl (C=O) groups excluding carboxylic acids is 1. The fourth-order valence-electron chi connectivity index (χ4n) is 3.02. The molecule has 0 radical (unpaired) electrons. The van der Waals surface area contributed by atoms with E-state index < -0.39 is 0 Å². The third kappa shape index (κ3) is 5.72. The van der Waals surface area contributed by atoms with Crippen LogP contribution in [0.4, 0.5) is 5.69 Å². The number of aromatic nitrogens is 1. The standard InChI is InChI=1S/C23H23ClN2O3/c1-2-29-21-10-6-4-7-17(21)11-13-22(27)25-19-12-14-23(28)26(16-19)15-18-8-3-5-9-20(18)24/h3-10,12,14,16H,2,11,13,15H2,1H3,(H,25,27). The molecule has 150 valence electrons. The molecule has 3 rings (SSSR count). The summed E-state index contributed by atoms with van der Waals surface area (Å²) in [7, 11) is 0. The van der Waals surface area contributed by atoms with Crippen molar-refractivity contribution in [3.05, 3.63) is 93.4 Å². The summed E-state index contributed by atoms with van der Waals surface area (Å²) in [5, 5.41) is 3.46. The second-order valence-electron chi connectivity index (χ2n) is 6.56. The summed E-state index contributed by atoms with van der Waals surface area (Å²) < 4.78 is 7.13. The summed E-state index contributed by atoms with van der Waals surface area (Å²) in [4.78, 5) is 24.6. The highest BCUT2D eigenvalue weighted by atomic mass is 35.5. The second kappa shape index (κ2) is 9.94. The largest absolute Gasteiger partial charge is 0.494 e. The highest BCUT2D eigenvalue weighted by molar-refractivity contribution is 6.31. The first kappa shape index (κ1) is 20.7. The lowest BCUT2D eigenvalue weighted by Gasteiger charge is -2.12. The van der Waals surface area contributed by atoms with Gasteiger partial charge in [-0.15, -0.1) is 0 Å². The summed E-state index contributed by atoms with van der Waals surface area (Å²) in [6, 6.07) is 18.1. The van der Waals surface area contributed by atoms with E-state index in [1.807, 2.05) is 49.4 Å². The smallest absolute Gasteiger partial charge is 0.250 e. The summed E-state index contributed by atoms with van der Waals surface area (Å²) in [6.07, 6.45) is 2.52. The van der Waals surface area contributed by atoms with E-state index >= 15 is 0 Å². The highest BCUT2D eigenvalue weighted by Gasteiger charge is 2.09. The minimum Gasteiger partial charge on any atom is -0.494 e. The molecule has 0 aliphatic rings. The lowest BCUT2D eigenvalue weighted by atomic mass is 10.1. The number of ether oxygens (including phenoxy) is 1. The van der Waals surface area contributed by atoms with E-state index in [1.54, 1.807) is 18.3 Å². The summed E-state index contributed by atoms with van der Waals surface area (Å²) in [6.45, 7) is 2.85. The van der Waals surface area contributed by atoms with Gasteiger partial charge in [0.05, 0.1) is 18.8 Å². The van der Waals surface area contributed by atoms with Crippen LogP contribution in [0, 0.1) is 0 Å². The number of hydrogen-bond donors (Lipinski definition) is 1. The first-order valence-corrected chi connectivity index (χ1v) is 9.89. The summed E-state index contributed by atoms with van der Waals surface area (Å²) in [5.41, 5.74) is 2.24. The maximum absolute atomic E-state index is 12.4. The molecular formula is C23H23ClN2O3. The van der Waals surface area contributed by atoms with Crippen LogP contribution in [-0.4, -0.2) is 17.1 Å². The Morgan fingerprint density at radius 3 is 2.52 bits per heavy atom. The third-order valence-corrected chi connectivity index (χ3v) is 4.83. The molecule has 1 heterocycles. The van der Waals surface area contributed by atoms with Gasteiger partial charge in [-0.25, -0.2) is 0 Å². The topological polar surface area (TPSA) is 60.3 Å². The van der Waals surface area contributed by atoms with Gasteiger partial charge < -0.3 is 14.6 Å². The van der Waals surface area contributed by atoms with E-state index in [4.69, 9.17) is 16.3 Å². The maximum atomic E-state index is 12.4. The molecule has 0 aliphatic heterocycles. The Bertz CT molecular complexity index is 1050. The van der Waals surface area contributed by atoms with Crippen LogP contribution < -0.4 is 15.6 Å². The molecule has 0 atom stereocenters. The minimum atomic E-state index is -0.159. The molecule has 0 saturated heterocycles. The first-order valence-electron chi connectivity index (χ1n) is 9.51. The zero-order valence-corrected chi connectivity index (χ0v) is 17.0. The van der Waals surface area contributed by atoms with Gasteiger partial charge in [-0.1, -0.05) is 48.0 Å². The van der Waals surface area contributed by atoms with Crippen LogP contribution in [0.25, 0.3) is 0 Å². The summed E-state index contributed by atoms with van der Waals surface area (Å²) in [5.74, 6) is 0.676. The number of carbonyl (C=O) groups is 1. The molecule has 1 aromatic heterocycles. The Labute approximate surface area is 174 Å². The number of nitrogens with one attached hydrogen (secondary N) is 1. The minimum absolute atomic E-state index is 0.126. The molecule has 5 nitrogen and oxygen atoms in total. The number of amides is 1. The average molecular weight is 411 g/mol. The van der Waals surface area contributed by atoms with Crippen LogP contribution in [0.3, 0.4) is 0 Å². The summed E-state index contributed by atoms with van der Waals surface area (Å²) >= 11 is 6.19. The normalized spacial score (nSPS) is 10.6. The van der Waals surface area contributed by atoms with Gasteiger partial charge in [0.25, 0.3) is 5.56 Å². The van der Waals surface area contributed by atoms with Crippen LogP contribution in [-0.2, 0) is 17.8 Å². The maximum Gasteiger partial charge on any atom is 0.250 e. The van der Waals surface area contributed by atoms with Gasteiger partial charge in [0.15, 0.2) is 0 Å². The van der Waals surface area contributed by atoms with Crippen molar-refractivity contribution in [2.45, 2.75) is 26.3 Å². The molecule has 1 N–H and O–H groups in total. The van der Waals surface area contributed by atoms with Crippen molar-refractivity contribution < 1.29 is 9.53 Å². The van der Waals surface area contributed by atoms with E-state index in [0.29, 0.717) is 36.7 Å². The molecule has 29 heavy (non-hydrogen) atoms. The van der Waals surface area contributed by atoms with Crippen molar-refractivity contribution >= 4 is 23.2 Å². The predicted molar refractivity (Wildman–Crippen MR) is 116 cm³/mol. The first-order chi connectivity index (χ1) is 14.1. The fourth-order valence-corrected chi connectivity index (χ4v) is 3.21. The van der Waals surface area contributed by atoms with Crippen LogP contribution in [0.15, 0.2) is 71.7 Å². The molecule has 0 saturated carbocycles. The van der Waals surface area contributed by atoms with Crippen LogP contribution in [0.5, 0.6) is 5.75 Å². The van der Waals surface area contributed by atoms with Crippen LogP contribution in [0.1, 0.15) is 24.5 Å². The number of para-hydroxylation sites is 1. The van der Waals surface area contributed by atoms with Crippen molar-refractivity contribution in [3.63, 3.8) is 0 Å². The van der Waals surface area contributed by atoms with Gasteiger partial charge in [0.2, 0.25) is 5.91 Å². The van der Waals surface area contributed by atoms with Crippen LogP contribution in [0.2, 0.25) is 5.02 Å². The Balaban J connectivity index is 1.65. The molecule has 3 aromatic rings. The van der Waals surface area contributed by atoms with E-state index in [2.05, 4.69) is 5.32 Å². The predicted octanol–water partition coefficient (Wildman–Crippen LogP) is 4.52. The Morgan fingerprint density at radius 1 is 1.03 bits per heavy atom. The Hall–Kier alpha value is -3.05. The highest BCUT2D eigenvalue weighted by Crippen LogP contribution is 2.20. The van der Waals surface area contributed by atoms with Gasteiger partial charge in [-0.3, -0.25) is 9.59 Å². The van der Waals surface area contributed by atoms with Crippen LogP contribution >= 0.6 is 11.6 Å². The molecule has 0 spiro atoms. The molecular weight excluding hydrogens is 388 g/mol. The Kier molecular flexibility index (Phi) is 7.09. The van der Waals surface area contributed by atoms with Crippen molar-refractivity contribution in [2.24, 2.45) is 0 Å². The molecule has 0 unspecified atom stereocenters. The number of hydrogen-bond acceptors (Lipinski definition) is 3. The number of halogens is 1. The van der Waals surface area contributed by atoms with Crippen molar-refractivity contribution in [2.75, 3.05) is 11.9 Å². The van der Waals surface area contributed by atoms with Gasteiger partial charge in [0.1, 0.15) is 5.75 Å². The number of pyridine rings is 1. The third-order valence-electron chi connectivity index (χ3n) is 4.46. The van der Waals surface area contributed by atoms with Crippen molar-refractivity contribution in [3.8, 4) is 5.75 Å². The molecule has 2 aromatic carbocycles. The van der Waals surface area contributed by atoms with E-state index in [9.17, 15) is 9.59 Å². The second-order valence-corrected chi connectivity index (χ2v) is 6.97.